The summed E-state index contributed by atoms with van der Waals surface area (Å²) in [5.74, 6) is 1.66. The Balaban J connectivity index is 1.94. The number of hydrogen-bond donors (Lipinski definition) is 0. The van der Waals surface area contributed by atoms with E-state index in [1.54, 1.807) is 6.20 Å². The maximum Gasteiger partial charge on any atom is 0.187 e. The molecule has 23 heavy (non-hydrogen) atoms. The minimum Gasteiger partial charge on any atom is -0.305 e. The molecule has 4 heterocycles. The van der Waals surface area contributed by atoms with Crippen molar-refractivity contribution in [2.75, 3.05) is 0 Å². The molecule has 0 bridgehead atoms. The van der Waals surface area contributed by atoms with Crippen LogP contribution in [0.2, 0.25) is 0 Å². The Morgan fingerprint density at radius 2 is 2.00 bits per heavy atom. The first kappa shape index (κ1) is 13.6. The molecule has 0 aromatic carbocycles. The number of imidazole rings is 1. The van der Waals surface area contributed by atoms with Crippen molar-refractivity contribution >= 4 is 5.65 Å². The van der Waals surface area contributed by atoms with Crippen LogP contribution in [0.3, 0.4) is 0 Å². The molecular formula is C17H16N6. The quantitative estimate of drug-likeness (QED) is 0.584. The Hall–Kier alpha value is -3.02. The third-order valence-electron chi connectivity index (χ3n) is 3.80. The van der Waals surface area contributed by atoms with Crippen molar-refractivity contribution in [3.63, 3.8) is 0 Å². The Morgan fingerprint density at radius 1 is 1.09 bits per heavy atom. The van der Waals surface area contributed by atoms with E-state index in [4.69, 9.17) is 0 Å². The summed E-state index contributed by atoms with van der Waals surface area (Å²) in [5.41, 5.74) is 3.69. The molecule has 0 N–H and O–H groups in total. The van der Waals surface area contributed by atoms with E-state index in [1.165, 1.54) is 0 Å². The molecule has 4 rings (SSSR count). The zero-order valence-corrected chi connectivity index (χ0v) is 13.0. The molecule has 0 aliphatic heterocycles. The summed E-state index contributed by atoms with van der Waals surface area (Å²) in [6.45, 7) is 4.05. The van der Waals surface area contributed by atoms with E-state index in [2.05, 4.69) is 31.7 Å². The number of hydrogen-bond acceptors (Lipinski definition) is 4. The van der Waals surface area contributed by atoms with Crippen LogP contribution < -0.4 is 0 Å². The molecule has 0 amide bonds. The standard InChI is InChI=1S/C17H16N6/c1-3-15-20-21-17(14-6-4-5-12(2)19-14)23(15)13-7-8-16-18-9-10-22(16)11-13/h4-11H,3H2,1-2H3. The van der Waals surface area contributed by atoms with Crippen LogP contribution in [-0.2, 0) is 6.42 Å². The van der Waals surface area contributed by atoms with Gasteiger partial charge in [-0.2, -0.15) is 0 Å². The van der Waals surface area contributed by atoms with E-state index in [0.717, 1.165) is 40.8 Å². The minimum absolute atomic E-state index is 0.755. The van der Waals surface area contributed by atoms with Crippen molar-refractivity contribution in [2.24, 2.45) is 0 Å². The van der Waals surface area contributed by atoms with Gasteiger partial charge in [-0.1, -0.05) is 13.0 Å². The molecule has 4 aromatic rings. The van der Waals surface area contributed by atoms with Gasteiger partial charge in [0, 0.05) is 30.7 Å². The van der Waals surface area contributed by atoms with Crippen LogP contribution in [0.15, 0.2) is 48.9 Å². The minimum atomic E-state index is 0.755. The number of pyridine rings is 2. The number of nitrogens with zero attached hydrogens (tertiary/aromatic N) is 6. The van der Waals surface area contributed by atoms with Crippen molar-refractivity contribution in [1.29, 1.82) is 0 Å². The molecule has 6 heteroatoms. The van der Waals surface area contributed by atoms with Crippen LogP contribution in [0.25, 0.3) is 22.9 Å². The van der Waals surface area contributed by atoms with Crippen LogP contribution in [0.1, 0.15) is 18.4 Å². The Labute approximate surface area is 133 Å². The molecule has 114 valence electrons. The first-order chi connectivity index (χ1) is 11.3. The summed E-state index contributed by atoms with van der Waals surface area (Å²) in [6, 6.07) is 9.94. The highest BCUT2D eigenvalue weighted by molar-refractivity contribution is 5.55. The lowest BCUT2D eigenvalue weighted by molar-refractivity contribution is 0.878. The van der Waals surface area contributed by atoms with E-state index >= 15 is 0 Å². The lowest BCUT2D eigenvalue weighted by Crippen LogP contribution is -2.04. The van der Waals surface area contributed by atoms with E-state index in [0.29, 0.717) is 0 Å². The van der Waals surface area contributed by atoms with Crippen LogP contribution in [0.4, 0.5) is 0 Å². The Morgan fingerprint density at radius 3 is 2.83 bits per heavy atom. The van der Waals surface area contributed by atoms with Gasteiger partial charge in [0.25, 0.3) is 0 Å². The monoisotopic (exact) mass is 304 g/mol. The highest BCUT2D eigenvalue weighted by atomic mass is 15.3. The van der Waals surface area contributed by atoms with Gasteiger partial charge in [-0.25, -0.2) is 9.97 Å². The van der Waals surface area contributed by atoms with Crippen LogP contribution in [0.5, 0.6) is 0 Å². The number of fused-ring (bicyclic) bond motifs is 1. The summed E-state index contributed by atoms with van der Waals surface area (Å²) in [6.07, 6.45) is 6.54. The molecule has 0 saturated heterocycles. The van der Waals surface area contributed by atoms with Crippen molar-refractivity contribution in [2.45, 2.75) is 20.3 Å². The molecule has 0 atom stereocenters. The zero-order valence-electron chi connectivity index (χ0n) is 13.0. The summed E-state index contributed by atoms with van der Waals surface area (Å²) >= 11 is 0. The highest BCUT2D eigenvalue weighted by Gasteiger charge is 2.16. The fourth-order valence-electron chi connectivity index (χ4n) is 2.69. The molecule has 4 aromatic heterocycles. The van der Waals surface area contributed by atoms with E-state index in [1.807, 2.05) is 54.0 Å². The third kappa shape index (κ3) is 2.28. The number of aryl methyl sites for hydroxylation is 2. The molecule has 0 saturated carbocycles. The predicted molar refractivity (Wildman–Crippen MR) is 87.5 cm³/mol. The second-order valence-electron chi connectivity index (χ2n) is 5.37. The van der Waals surface area contributed by atoms with E-state index in [-0.39, 0.29) is 0 Å². The molecule has 0 unspecified atom stereocenters. The first-order valence-corrected chi connectivity index (χ1v) is 7.57. The summed E-state index contributed by atoms with van der Waals surface area (Å²) < 4.78 is 4.05. The van der Waals surface area contributed by atoms with Crippen LogP contribution >= 0.6 is 0 Å². The maximum atomic E-state index is 4.59. The summed E-state index contributed by atoms with van der Waals surface area (Å²) in [7, 11) is 0. The number of aromatic nitrogens is 6. The SMILES string of the molecule is CCc1nnc(-c2cccc(C)n2)n1-c1ccc2nccn2c1. The predicted octanol–water partition coefficient (Wildman–Crippen LogP) is 2.85. The fraction of sp³-hybridized carbons (Fsp3) is 0.176. The first-order valence-electron chi connectivity index (χ1n) is 7.57. The van der Waals surface area contributed by atoms with Gasteiger partial charge in [-0.15, -0.1) is 10.2 Å². The van der Waals surface area contributed by atoms with Crippen molar-refractivity contribution < 1.29 is 0 Å². The molecule has 0 radical (unpaired) electrons. The molecule has 0 fully saturated rings. The van der Waals surface area contributed by atoms with Gasteiger partial charge in [0.15, 0.2) is 5.82 Å². The normalized spacial score (nSPS) is 11.2. The van der Waals surface area contributed by atoms with Crippen molar-refractivity contribution in [3.8, 4) is 17.2 Å². The lowest BCUT2D eigenvalue weighted by atomic mass is 10.3. The highest BCUT2D eigenvalue weighted by Crippen LogP contribution is 2.22. The smallest absolute Gasteiger partial charge is 0.187 e. The average Bonchev–Trinajstić information content (AvgIpc) is 3.20. The van der Waals surface area contributed by atoms with E-state index < -0.39 is 0 Å². The van der Waals surface area contributed by atoms with Crippen molar-refractivity contribution in [3.05, 3.63) is 60.4 Å². The lowest BCUT2D eigenvalue weighted by Gasteiger charge is -2.10. The Bertz CT molecular complexity index is 982. The fourth-order valence-corrected chi connectivity index (χ4v) is 2.69. The second kappa shape index (κ2) is 5.31. The largest absolute Gasteiger partial charge is 0.305 e. The molecular weight excluding hydrogens is 288 g/mol. The van der Waals surface area contributed by atoms with Gasteiger partial charge in [0.05, 0.1) is 5.69 Å². The van der Waals surface area contributed by atoms with Crippen LogP contribution in [-0.4, -0.2) is 29.1 Å². The average molecular weight is 304 g/mol. The molecule has 0 aliphatic rings. The third-order valence-corrected chi connectivity index (χ3v) is 3.80. The molecule has 0 spiro atoms. The molecule has 6 nitrogen and oxygen atoms in total. The summed E-state index contributed by atoms with van der Waals surface area (Å²) in [4.78, 5) is 8.87. The van der Waals surface area contributed by atoms with Crippen molar-refractivity contribution in [1.82, 2.24) is 29.1 Å². The Kier molecular flexibility index (Phi) is 3.15. The summed E-state index contributed by atoms with van der Waals surface area (Å²) in [5, 5.41) is 8.70. The van der Waals surface area contributed by atoms with Gasteiger partial charge in [0.2, 0.25) is 0 Å². The van der Waals surface area contributed by atoms with Gasteiger partial charge in [-0.3, -0.25) is 4.57 Å². The molecule has 0 aliphatic carbocycles. The van der Waals surface area contributed by atoms with Gasteiger partial charge >= 0.3 is 0 Å². The topological polar surface area (TPSA) is 60.9 Å². The van der Waals surface area contributed by atoms with Crippen LogP contribution in [0, 0.1) is 6.92 Å². The maximum absolute atomic E-state index is 4.59. The number of rotatable bonds is 3. The zero-order chi connectivity index (χ0) is 15.8. The second-order valence-corrected chi connectivity index (χ2v) is 5.37. The van der Waals surface area contributed by atoms with Gasteiger partial charge in [-0.05, 0) is 31.2 Å². The van der Waals surface area contributed by atoms with Gasteiger partial charge in [0.1, 0.15) is 17.2 Å². The van der Waals surface area contributed by atoms with Gasteiger partial charge < -0.3 is 4.40 Å². The van der Waals surface area contributed by atoms with E-state index in [9.17, 15) is 0 Å².